The molecule has 1 atom stereocenters. The van der Waals surface area contributed by atoms with Crippen molar-refractivity contribution >= 4 is 39.1 Å². The van der Waals surface area contributed by atoms with Gasteiger partial charge in [-0.1, -0.05) is 66.8 Å². The van der Waals surface area contributed by atoms with Gasteiger partial charge in [0.1, 0.15) is 12.6 Å². The third-order valence-corrected chi connectivity index (χ3v) is 8.07. The van der Waals surface area contributed by atoms with E-state index in [1.165, 1.54) is 17.4 Å². The third kappa shape index (κ3) is 7.46. The molecule has 0 unspecified atom stereocenters. The number of benzene rings is 2. The SMILES string of the molecule is Cc1ccc(CN(C(=O)CN(c2cc(Cl)ccc2C)S(C)(=O)=O)[C@@H](C)C(=O)NC2CCCCC2)cc1. The number of carbonyl (C=O) groups excluding carboxylic acids is 2. The van der Waals surface area contributed by atoms with Crippen molar-refractivity contribution in [3.63, 3.8) is 0 Å². The number of hydrogen-bond acceptors (Lipinski definition) is 4. The van der Waals surface area contributed by atoms with Gasteiger partial charge in [-0.3, -0.25) is 13.9 Å². The van der Waals surface area contributed by atoms with E-state index in [0.29, 0.717) is 16.3 Å². The Balaban J connectivity index is 1.89. The van der Waals surface area contributed by atoms with Crippen LogP contribution in [0.2, 0.25) is 5.02 Å². The molecule has 1 N–H and O–H groups in total. The van der Waals surface area contributed by atoms with Gasteiger partial charge in [0.05, 0.1) is 11.9 Å². The van der Waals surface area contributed by atoms with Crippen LogP contribution in [0, 0.1) is 13.8 Å². The highest BCUT2D eigenvalue weighted by Gasteiger charge is 2.31. The van der Waals surface area contributed by atoms with E-state index in [1.54, 1.807) is 26.0 Å². The zero-order valence-corrected chi connectivity index (χ0v) is 23.0. The molecule has 1 aliphatic rings. The fourth-order valence-electron chi connectivity index (χ4n) is 4.49. The number of halogens is 1. The molecule has 0 saturated heterocycles. The second kappa shape index (κ2) is 12.1. The average molecular weight is 534 g/mol. The highest BCUT2D eigenvalue weighted by Crippen LogP contribution is 2.27. The molecule has 7 nitrogen and oxygen atoms in total. The van der Waals surface area contributed by atoms with Crippen molar-refractivity contribution in [2.45, 2.75) is 71.5 Å². The minimum Gasteiger partial charge on any atom is -0.352 e. The quantitative estimate of drug-likeness (QED) is 0.511. The van der Waals surface area contributed by atoms with Crippen LogP contribution in [0.3, 0.4) is 0 Å². The second-order valence-corrected chi connectivity index (χ2v) is 12.1. The predicted octanol–water partition coefficient (Wildman–Crippen LogP) is 4.59. The van der Waals surface area contributed by atoms with Gasteiger partial charge in [0.25, 0.3) is 0 Å². The molecule has 0 spiro atoms. The van der Waals surface area contributed by atoms with Crippen LogP contribution in [-0.2, 0) is 26.2 Å². The number of hydrogen-bond donors (Lipinski definition) is 1. The minimum atomic E-state index is -3.81. The van der Waals surface area contributed by atoms with Crippen LogP contribution in [-0.4, -0.2) is 50.0 Å². The summed E-state index contributed by atoms with van der Waals surface area (Å²) in [5.74, 6) is -0.695. The molecule has 0 aromatic heterocycles. The Hall–Kier alpha value is -2.58. The van der Waals surface area contributed by atoms with E-state index in [2.05, 4.69) is 5.32 Å². The summed E-state index contributed by atoms with van der Waals surface area (Å²) in [6, 6.07) is 12.0. The van der Waals surface area contributed by atoms with Crippen LogP contribution in [0.4, 0.5) is 5.69 Å². The normalized spacial score (nSPS) is 15.2. The Labute approximate surface area is 219 Å². The predicted molar refractivity (Wildman–Crippen MR) is 145 cm³/mol. The standard InChI is InChI=1S/C27H36ClN3O4S/c1-19-10-13-22(14-11-19)17-30(21(3)27(33)29-24-8-6-5-7-9-24)26(32)18-31(36(4,34)35)25-16-23(28)15-12-20(25)2/h10-16,21,24H,5-9,17-18H2,1-4H3,(H,29,33)/t21-/m0/s1. The lowest BCUT2D eigenvalue weighted by molar-refractivity contribution is -0.139. The van der Waals surface area contributed by atoms with Crippen molar-refractivity contribution in [1.82, 2.24) is 10.2 Å². The molecule has 0 radical (unpaired) electrons. The van der Waals surface area contributed by atoms with Crippen LogP contribution >= 0.6 is 11.6 Å². The van der Waals surface area contributed by atoms with Crippen molar-refractivity contribution in [1.29, 1.82) is 0 Å². The number of sulfonamides is 1. The first-order valence-electron chi connectivity index (χ1n) is 12.3. The molecule has 2 aromatic carbocycles. The summed E-state index contributed by atoms with van der Waals surface area (Å²) in [5.41, 5.74) is 2.95. The summed E-state index contributed by atoms with van der Waals surface area (Å²) in [4.78, 5) is 28.3. The minimum absolute atomic E-state index is 0.103. The Morgan fingerprint density at radius 2 is 1.69 bits per heavy atom. The summed E-state index contributed by atoms with van der Waals surface area (Å²) < 4.78 is 26.6. The highest BCUT2D eigenvalue weighted by molar-refractivity contribution is 7.92. The summed E-state index contributed by atoms with van der Waals surface area (Å²) >= 11 is 6.14. The van der Waals surface area contributed by atoms with Gasteiger partial charge in [0, 0.05) is 17.6 Å². The largest absolute Gasteiger partial charge is 0.352 e. The monoisotopic (exact) mass is 533 g/mol. The maximum atomic E-state index is 13.7. The Morgan fingerprint density at radius 1 is 1.06 bits per heavy atom. The maximum Gasteiger partial charge on any atom is 0.244 e. The highest BCUT2D eigenvalue weighted by atomic mass is 35.5. The van der Waals surface area contributed by atoms with Gasteiger partial charge in [0.15, 0.2) is 0 Å². The number of nitrogens with one attached hydrogen (secondary N) is 1. The molecular weight excluding hydrogens is 498 g/mol. The molecule has 1 saturated carbocycles. The number of carbonyl (C=O) groups is 2. The molecule has 36 heavy (non-hydrogen) atoms. The topological polar surface area (TPSA) is 86.8 Å². The lowest BCUT2D eigenvalue weighted by atomic mass is 9.95. The summed E-state index contributed by atoms with van der Waals surface area (Å²) in [7, 11) is -3.81. The van der Waals surface area contributed by atoms with E-state index in [1.807, 2.05) is 31.2 Å². The van der Waals surface area contributed by atoms with Crippen LogP contribution in [0.25, 0.3) is 0 Å². The van der Waals surface area contributed by atoms with Gasteiger partial charge in [-0.25, -0.2) is 8.42 Å². The van der Waals surface area contributed by atoms with Gasteiger partial charge >= 0.3 is 0 Å². The molecule has 1 aliphatic carbocycles. The van der Waals surface area contributed by atoms with Crippen molar-refractivity contribution in [2.24, 2.45) is 0 Å². The zero-order chi connectivity index (χ0) is 26.5. The number of anilines is 1. The first-order valence-corrected chi connectivity index (χ1v) is 14.6. The van der Waals surface area contributed by atoms with Gasteiger partial charge in [-0.2, -0.15) is 0 Å². The second-order valence-electron chi connectivity index (χ2n) is 9.73. The molecule has 196 valence electrons. The fourth-order valence-corrected chi connectivity index (χ4v) is 5.55. The zero-order valence-electron chi connectivity index (χ0n) is 21.5. The summed E-state index contributed by atoms with van der Waals surface area (Å²) in [5, 5.41) is 3.47. The Bertz CT molecular complexity index is 1180. The van der Waals surface area contributed by atoms with Gasteiger partial charge in [-0.15, -0.1) is 0 Å². The van der Waals surface area contributed by atoms with Crippen LogP contribution in [0.5, 0.6) is 0 Å². The molecule has 0 bridgehead atoms. The molecule has 3 rings (SSSR count). The number of amides is 2. The summed E-state index contributed by atoms with van der Waals surface area (Å²) in [6.07, 6.45) is 6.25. The molecule has 0 heterocycles. The fraction of sp³-hybridized carbons (Fsp3) is 0.481. The van der Waals surface area contributed by atoms with E-state index in [0.717, 1.165) is 47.4 Å². The maximum absolute atomic E-state index is 13.7. The average Bonchev–Trinajstić information content (AvgIpc) is 2.83. The Morgan fingerprint density at radius 3 is 2.31 bits per heavy atom. The van der Waals surface area contributed by atoms with Crippen molar-refractivity contribution < 1.29 is 18.0 Å². The first-order chi connectivity index (χ1) is 17.0. The van der Waals surface area contributed by atoms with Crippen molar-refractivity contribution in [3.05, 3.63) is 64.2 Å². The molecule has 1 fully saturated rings. The van der Waals surface area contributed by atoms with Crippen molar-refractivity contribution in [3.8, 4) is 0 Å². The molecule has 0 aliphatic heterocycles. The van der Waals surface area contributed by atoms with Gasteiger partial charge < -0.3 is 10.2 Å². The third-order valence-electron chi connectivity index (χ3n) is 6.71. The first kappa shape index (κ1) is 28.0. The number of aryl methyl sites for hydroxylation is 2. The van der Waals surface area contributed by atoms with Crippen LogP contribution < -0.4 is 9.62 Å². The van der Waals surface area contributed by atoms with E-state index in [4.69, 9.17) is 11.6 Å². The molecule has 9 heteroatoms. The lowest BCUT2D eigenvalue weighted by Crippen LogP contribution is -2.53. The number of nitrogens with zero attached hydrogens (tertiary/aromatic N) is 2. The van der Waals surface area contributed by atoms with Crippen molar-refractivity contribution in [2.75, 3.05) is 17.1 Å². The van der Waals surface area contributed by atoms with E-state index < -0.39 is 28.5 Å². The molecular formula is C27H36ClN3O4S. The van der Waals surface area contributed by atoms with Crippen LogP contribution in [0.15, 0.2) is 42.5 Å². The smallest absolute Gasteiger partial charge is 0.244 e. The van der Waals surface area contributed by atoms with Gasteiger partial charge in [-0.05, 0) is 56.9 Å². The van der Waals surface area contributed by atoms with E-state index in [9.17, 15) is 18.0 Å². The van der Waals surface area contributed by atoms with E-state index >= 15 is 0 Å². The molecule has 2 amide bonds. The van der Waals surface area contributed by atoms with E-state index in [-0.39, 0.29) is 18.5 Å². The Kier molecular flexibility index (Phi) is 9.41. The lowest BCUT2D eigenvalue weighted by Gasteiger charge is -2.33. The summed E-state index contributed by atoms with van der Waals surface area (Å²) in [6.45, 7) is 5.18. The van der Waals surface area contributed by atoms with Crippen LogP contribution in [0.1, 0.15) is 55.7 Å². The van der Waals surface area contributed by atoms with Gasteiger partial charge in [0.2, 0.25) is 21.8 Å². The molecule has 2 aromatic rings. The number of rotatable bonds is 9.